The first kappa shape index (κ1) is 17.3. The molecule has 8 nitrogen and oxygen atoms in total. The summed E-state index contributed by atoms with van der Waals surface area (Å²) in [7, 11) is 1.28. The fourth-order valence-corrected chi connectivity index (χ4v) is 2.35. The number of nitrogens with zero attached hydrogens (tertiary/aromatic N) is 4. The highest BCUT2D eigenvalue weighted by atomic mass is 16.5. The molecule has 0 radical (unpaired) electrons. The van der Waals surface area contributed by atoms with Gasteiger partial charge in [0.25, 0.3) is 0 Å². The summed E-state index contributed by atoms with van der Waals surface area (Å²) in [5.74, 6) is -1.07. The first-order valence-electron chi connectivity index (χ1n) is 7.76. The van der Waals surface area contributed by atoms with Crippen LogP contribution in [-0.2, 0) is 16.1 Å². The lowest BCUT2D eigenvalue weighted by Gasteiger charge is -2.06. The zero-order chi connectivity index (χ0) is 18.5. The molecule has 3 aromatic rings. The SMILES string of the molecule is COC(=O)c1cccc(COC(=O)c2cnn(-c3ccncc3)c2C)n1. The van der Waals surface area contributed by atoms with Crippen LogP contribution in [0.1, 0.15) is 32.2 Å². The second kappa shape index (κ2) is 7.56. The second-order valence-corrected chi connectivity index (χ2v) is 5.34. The summed E-state index contributed by atoms with van der Waals surface area (Å²) < 4.78 is 11.5. The molecule has 132 valence electrons. The van der Waals surface area contributed by atoms with Crippen molar-refractivity contribution in [2.75, 3.05) is 7.11 Å². The number of carbonyl (C=O) groups is 2. The number of methoxy groups -OCH3 is 1. The van der Waals surface area contributed by atoms with Crippen molar-refractivity contribution in [3.05, 3.63) is 71.6 Å². The van der Waals surface area contributed by atoms with Gasteiger partial charge in [-0.3, -0.25) is 4.98 Å². The number of pyridine rings is 2. The molecule has 0 atom stereocenters. The van der Waals surface area contributed by atoms with Crippen molar-refractivity contribution in [3.63, 3.8) is 0 Å². The quantitative estimate of drug-likeness (QED) is 0.649. The van der Waals surface area contributed by atoms with Crippen LogP contribution in [0.5, 0.6) is 0 Å². The first-order valence-corrected chi connectivity index (χ1v) is 7.76. The van der Waals surface area contributed by atoms with Gasteiger partial charge in [0.1, 0.15) is 17.9 Å². The van der Waals surface area contributed by atoms with E-state index in [9.17, 15) is 9.59 Å². The minimum Gasteiger partial charge on any atom is -0.464 e. The fourth-order valence-electron chi connectivity index (χ4n) is 2.35. The van der Waals surface area contributed by atoms with Crippen LogP contribution in [0.2, 0.25) is 0 Å². The van der Waals surface area contributed by atoms with Crippen LogP contribution < -0.4 is 0 Å². The van der Waals surface area contributed by atoms with Gasteiger partial charge in [-0.2, -0.15) is 5.10 Å². The molecule has 0 bridgehead atoms. The zero-order valence-corrected chi connectivity index (χ0v) is 14.2. The molecule has 0 aromatic carbocycles. The van der Waals surface area contributed by atoms with E-state index in [4.69, 9.17) is 4.74 Å². The topological polar surface area (TPSA) is 96.2 Å². The van der Waals surface area contributed by atoms with Gasteiger partial charge in [-0.15, -0.1) is 0 Å². The van der Waals surface area contributed by atoms with Gasteiger partial charge in [-0.1, -0.05) is 6.07 Å². The van der Waals surface area contributed by atoms with E-state index >= 15 is 0 Å². The van der Waals surface area contributed by atoms with E-state index in [1.807, 2.05) is 0 Å². The van der Waals surface area contributed by atoms with Crippen LogP contribution in [0.15, 0.2) is 48.9 Å². The molecule has 8 heteroatoms. The lowest BCUT2D eigenvalue weighted by molar-refractivity contribution is 0.0466. The smallest absolute Gasteiger partial charge is 0.356 e. The van der Waals surface area contributed by atoms with Crippen LogP contribution in [-0.4, -0.2) is 38.8 Å². The Labute approximate surface area is 149 Å². The highest BCUT2D eigenvalue weighted by molar-refractivity contribution is 5.90. The van der Waals surface area contributed by atoms with E-state index in [-0.39, 0.29) is 12.3 Å². The summed E-state index contributed by atoms with van der Waals surface area (Å²) in [6.45, 7) is 1.71. The summed E-state index contributed by atoms with van der Waals surface area (Å²) in [5.41, 5.74) is 2.40. The van der Waals surface area contributed by atoms with Crippen molar-refractivity contribution >= 4 is 11.9 Å². The lowest BCUT2D eigenvalue weighted by Crippen LogP contribution is -2.10. The highest BCUT2D eigenvalue weighted by Gasteiger charge is 2.17. The maximum absolute atomic E-state index is 12.4. The Bertz CT molecular complexity index is 937. The van der Waals surface area contributed by atoms with Crippen molar-refractivity contribution in [1.82, 2.24) is 19.7 Å². The van der Waals surface area contributed by atoms with E-state index in [1.54, 1.807) is 48.3 Å². The molecule has 0 amide bonds. The zero-order valence-electron chi connectivity index (χ0n) is 14.2. The molecule has 0 unspecified atom stereocenters. The van der Waals surface area contributed by atoms with Crippen LogP contribution >= 0.6 is 0 Å². The Morgan fingerprint density at radius 3 is 2.62 bits per heavy atom. The molecule has 26 heavy (non-hydrogen) atoms. The van der Waals surface area contributed by atoms with Crippen molar-refractivity contribution in [2.24, 2.45) is 0 Å². The third kappa shape index (κ3) is 3.59. The summed E-state index contributed by atoms with van der Waals surface area (Å²) in [5, 5.41) is 4.22. The van der Waals surface area contributed by atoms with Gasteiger partial charge in [0.05, 0.1) is 30.4 Å². The van der Waals surface area contributed by atoms with Gasteiger partial charge in [0.15, 0.2) is 0 Å². The summed E-state index contributed by atoms with van der Waals surface area (Å²) in [6, 6.07) is 8.41. The van der Waals surface area contributed by atoms with Gasteiger partial charge in [-0.05, 0) is 31.2 Å². The third-order valence-corrected chi connectivity index (χ3v) is 3.69. The molecular formula is C18H16N4O4. The molecule has 3 rings (SSSR count). The molecule has 0 saturated heterocycles. The van der Waals surface area contributed by atoms with Gasteiger partial charge in [0, 0.05) is 12.4 Å². The Kier molecular flexibility index (Phi) is 5.02. The minimum absolute atomic E-state index is 0.0659. The number of carbonyl (C=O) groups excluding carboxylic acids is 2. The average molecular weight is 352 g/mol. The Balaban J connectivity index is 1.72. The minimum atomic E-state index is -0.548. The normalized spacial score (nSPS) is 10.4. The summed E-state index contributed by atoms with van der Waals surface area (Å²) >= 11 is 0. The number of ether oxygens (including phenoxy) is 2. The lowest BCUT2D eigenvalue weighted by atomic mass is 10.2. The molecule has 0 aliphatic rings. The first-order chi connectivity index (χ1) is 12.6. The molecule has 0 aliphatic carbocycles. The number of hydrogen-bond donors (Lipinski definition) is 0. The van der Waals surface area contributed by atoms with Crippen molar-refractivity contribution in [3.8, 4) is 5.69 Å². The molecule has 3 aromatic heterocycles. The highest BCUT2D eigenvalue weighted by Crippen LogP contribution is 2.15. The third-order valence-electron chi connectivity index (χ3n) is 3.69. The maximum atomic E-state index is 12.4. The van der Waals surface area contributed by atoms with Gasteiger partial charge in [0.2, 0.25) is 0 Å². The molecule has 0 N–H and O–H groups in total. The molecule has 0 aliphatic heterocycles. The van der Waals surface area contributed by atoms with Crippen molar-refractivity contribution < 1.29 is 19.1 Å². The molecule has 0 saturated carbocycles. The van der Waals surface area contributed by atoms with E-state index in [0.29, 0.717) is 17.0 Å². The van der Waals surface area contributed by atoms with Gasteiger partial charge < -0.3 is 9.47 Å². The number of rotatable bonds is 5. The van der Waals surface area contributed by atoms with E-state index in [1.165, 1.54) is 19.4 Å². The van der Waals surface area contributed by atoms with Gasteiger partial charge in [-0.25, -0.2) is 19.3 Å². The average Bonchev–Trinajstić information content (AvgIpc) is 3.08. The van der Waals surface area contributed by atoms with Crippen molar-refractivity contribution in [1.29, 1.82) is 0 Å². The molecular weight excluding hydrogens is 336 g/mol. The predicted octanol–water partition coefficient (Wildman–Crippen LogP) is 2.11. The van der Waals surface area contributed by atoms with Crippen LogP contribution in [0.4, 0.5) is 0 Å². The second-order valence-electron chi connectivity index (χ2n) is 5.34. The number of aromatic nitrogens is 4. The maximum Gasteiger partial charge on any atom is 0.356 e. The van der Waals surface area contributed by atoms with Crippen molar-refractivity contribution in [2.45, 2.75) is 13.5 Å². The monoisotopic (exact) mass is 352 g/mol. The van der Waals surface area contributed by atoms with E-state index in [2.05, 4.69) is 19.8 Å². The summed E-state index contributed by atoms with van der Waals surface area (Å²) in [6.07, 6.45) is 4.75. The molecule has 0 spiro atoms. The molecule has 3 heterocycles. The van der Waals surface area contributed by atoms with Crippen LogP contribution in [0.3, 0.4) is 0 Å². The van der Waals surface area contributed by atoms with E-state index < -0.39 is 11.9 Å². The Morgan fingerprint density at radius 2 is 1.88 bits per heavy atom. The Hall–Kier alpha value is -3.55. The number of esters is 2. The Morgan fingerprint density at radius 1 is 1.12 bits per heavy atom. The largest absolute Gasteiger partial charge is 0.464 e. The predicted molar refractivity (Wildman–Crippen MR) is 90.8 cm³/mol. The van der Waals surface area contributed by atoms with Gasteiger partial charge >= 0.3 is 11.9 Å². The molecule has 0 fully saturated rings. The fraction of sp³-hybridized carbons (Fsp3) is 0.167. The summed E-state index contributed by atoms with van der Waals surface area (Å²) in [4.78, 5) is 31.9. The number of hydrogen-bond acceptors (Lipinski definition) is 7. The van der Waals surface area contributed by atoms with Crippen LogP contribution in [0.25, 0.3) is 5.69 Å². The van der Waals surface area contributed by atoms with E-state index in [0.717, 1.165) is 5.69 Å². The standard InChI is InChI=1S/C18H16N4O4/c1-12-15(10-20-22(12)14-6-8-19-9-7-14)17(23)26-11-13-4-3-5-16(21-13)18(24)25-2/h3-10H,11H2,1-2H3. The van der Waals surface area contributed by atoms with Crippen LogP contribution in [0, 0.1) is 6.92 Å².